The van der Waals surface area contributed by atoms with Gasteiger partial charge in [0.25, 0.3) is 5.91 Å². The molecule has 3 N–H and O–H groups in total. The normalized spacial score (nSPS) is 10.0. The third kappa shape index (κ3) is 4.10. The first-order valence-electron chi connectivity index (χ1n) is 4.91. The Morgan fingerprint density at radius 3 is 2.47 bits per heavy atom. The van der Waals surface area contributed by atoms with Crippen LogP contribution in [-0.4, -0.2) is 12.5 Å². The monoisotopic (exact) mass is 208 g/mol. The van der Waals surface area contributed by atoms with Crippen molar-refractivity contribution >= 4 is 5.91 Å². The van der Waals surface area contributed by atoms with E-state index in [1.807, 2.05) is 17.6 Å². The fourth-order valence-corrected chi connectivity index (χ4v) is 1.17. The first-order valence-corrected chi connectivity index (χ1v) is 4.91. The zero-order chi connectivity index (χ0) is 11.1. The molecule has 1 rings (SSSR count). The fraction of sp³-hybridized carbons (Fsp3) is 0.364. The van der Waals surface area contributed by atoms with E-state index >= 15 is 0 Å². The number of carbonyl (C=O) groups excluding carboxylic acids is 1. The zero-order valence-electron chi connectivity index (χ0n) is 8.82. The van der Waals surface area contributed by atoms with Crippen LogP contribution >= 0.6 is 0 Å². The van der Waals surface area contributed by atoms with Gasteiger partial charge in [-0.25, -0.2) is 5.84 Å². The fourth-order valence-electron chi connectivity index (χ4n) is 1.17. The highest BCUT2D eigenvalue weighted by atomic mass is 16.5. The molecule has 1 amide bonds. The third-order valence-corrected chi connectivity index (χ3v) is 2.09. The Kier molecular flexibility index (Phi) is 4.80. The van der Waals surface area contributed by atoms with E-state index in [0.717, 1.165) is 12.0 Å². The molecule has 0 saturated carbocycles. The average Bonchev–Trinajstić information content (AvgIpc) is 2.29. The SMILES string of the molecule is CCc1ccc(COCC(=O)NN)cc1. The average molecular weight is 208 g/mol. The number of hydrogen-bond acceptors (Lipinski definition) is 3. The molecule has 0 spiro atoms. The first-order chi connectivity index (χ1) is 7.26. The molecule has 0 aliphatic heterocycles. The van der Waals surface area contributed by atoms with Gasteiger partial charge in [-0.15, -0.1) is 0 Å². The van der Waals surface area contributed by atoms with Crippen LogP contribution in [0.5, 0.6) is 0 Å². The lowest BCUT2D eigenvalue weighted by atomic mass is 10.1. The lowest BCUT2D eigenvalue weighted by Crippen LogP contribution is -2.33. The maximum atomic E-state index is 10.7. The molecule has 0 heterocycles. The van der Waals surface area contributed by atoms with Crippen LogP contribution in [0.25, 0.3) is 0 Å². The molecule has 1 aromatic carbocycles. The molecule has 0 bridgehead atoms. The van der Waals surface area contributed by atoms with Crippen LogP contribution in [-0.2, 0) is 22.6 Å². The summed E-state index contributed by atoms with van der Waals surface area (Å²) < 4.78 is 5.15. The number of nitrogens with two attached hydrogens (primary N) is 1. The summed E-state index contributed by atoms with van der Waals surface area (Å²) in [5.74, 6) is 4.59. The van der Waals surface area contributed by atoms with E-state index in [1.165, 1.54) is 5.56 Å². The van der Waals surface area contributed by atoms with Crippen molar-refractivity contribution < 1.29 is 9.53 Å². The molecule has 0 saturated heterocycles. The molecule has 82 valence electrons. The largest absolute Gasteiger partial charge is 0.367 e. The summed E-state index contributed by atoms with van der Waals surface area (Å²) in [6.07, 6.45) is 1.02. The van der Waals surface area contributed by atoms with E-state index in [1.54, 1.807) is 0 Å². The maximum absolute atomic E-state index is 10.7. The van der Waals surface area contributed by atoms with Crippen LogP contribution in [0.3, 0.4) is 0 Å². The van der Waals surface area contributed by atoms with Crippen molar-refractivity contribution in [3.63, 3.8) is 0 Å². The van der Waals surface area contributed by atoms with Gasteiger partial charge in [0, 0.05) is 0 Å². The first kappa shape index (κ1) is 11.7. The number of benzene rings is 1. The van der Waals surface area contributed by atoms with Crippen molar-refractivity contribution in [2.75, 3.05) is 6.61 Å². The molecular formula is C11H16N2O2. The van der Waals surface area contributed by atoms with E-state index in [4.69, 9.17) is 10.6 Å². The number of hydrogen-bond donors (Lipinski definition) is 2. The Morgan fingerprint density at radius 1 is 1.33 bits per heavy atom. The highest BCUT2D eigenvalue weighted by Gasteiger charge is 1.98. The lowest BCUT2D eigenvalue weighted by Gasteiger charge is -2.04. The Balaban J connectivity index is 2.34. The van der Waals surface area contributed by atoms with Gasteiger partial charge in [-0.1, -0.05) is 31.2 Å². The Labute approximate surface area is 89.4 Å². The standard InChI is InChI=1S/C11H16N2O2/c1-2-9-3-5-10(6-4-9)7-15-8-11(14)13-12/h3-6H,2,7-8,12H2,1H3,(H,13,14). The summed E-state index contributed by atoms with van der Waals surface area (Å²) in [4.78, 5) is 10.7. The zero-order valence-corrected chi connectivity index (χ0v) is 8.82. The minimum Gasteiger partial charge on any atom is -0.367 e. The lowest BCUT2D eigenvalue weighted by molar-refractivity contribution is -0.126. The number of nitrogens with one attached hydrogen (secondary N) is 1. The summed E-state index contributed by atoms with van der Waals surface area (Å²) in [5.41, 5.74) is 4.35. The van der Waals surface area contributed by atoms with Crippen molar-refractivity contribution in [1.29, 1.82) is 0 Å². The van der Waals surface area contributed by atoms with Crippen molar-refractivity contribution in [3.05, 3.63) is 35.4 Å². The van der Waals surface area contributed by atoms with E-state index in [9.17, 15) is 4.79 Å². The second kappa shape index (κ2) is 6.16. The Hall–Kier alpha value is -1.39. The number of aryl methyl sites for hydroxylation is 1. The van der Waals surface area contributed by atoms with Crippen LogP contribution < -0.4 is 11.3 Å². The highest BCUT2D eigenvalue weighted by Crippen LogP contribution is 2.05. The van der Waals surface area contributed by atoms with Crippen LogP contribution in [0, 0.1) is 0 Å². The minimum atomic E-state index is -0.319. The molecule has 0 fully saturated rings. The van der Waals surface area contributed by atoms with Crippen LogP contribution in [0.15, 0.2) is 24.3 Å². The smallest absolute Gasteiger partial charge is 0.259 e. The van der Waals surface area contributed by atoms with Gasteiger partial charge in [-0.05, 0) is 17.5 Å². The second-order valence-electron chi connectivity index (χ2n) is 3.23. The number of ether oxygens (including phenoxy) is 1. The summed E-state index contributed by atoms with van der Waals surface area (Å²) in [6.45, 7) is 2.53. The molecule has 15 heavy (non-hydrogen) atoms. The van der Waals surface area contributed by atoms with Gasteiger partial charge in [0.15, 0.2) is 0 Å². The van der Waals surface area contributed by atoms with Gasteiger partial charge in [-0.3, -0.25) is 10.2 Å². The molecule has 0 aromatic heterocycles. The van der Waals surface area contributed by atoms with Crippen molar-refractivity contribution in [3.8, 4) is 0 Å². The highest BCUT2D eigenvalue weighted by molar-refractivity contribution is 5.76. The van der Waals surface area contributed by atoms with Gasteiger partial charge >= 0.3 is 0 Å². The second-order valence-corrected chi connectivity index (χ2v) is 3.23. The van der Waals surface area contributed by atoms with Crippen molar-refractivity contribution in [2.24, 2.45) is 5.84 Å². The number of carbonyl (C=O) groups is 1. The van der Waals surface area contributed by atoms with Gasteiger partial charge in [0.1, 0.15) is 6.61 Å². The van der Waals surface area contributed by atoms with Crippen molar-refractivity contribution in [1.82, 2.24) is 5.43 Å². The van der Waals surface area contributed by atoms with Gasteiger partial charge in [0.2, 0.25) is 0 Å². The summed E-state index contributed by atoms with van der Waals surface area (Å²) in [7, 11) is 0. The molecule has 4 heteroatoms. The quantitative estimate of drug-likeness (QED) is 0.426. The number of hydrazine groups is 1. The molecule has 0 atom stereocenters. The minimum absolute atomic E-state index is 0.00791. The van der Waals surface area contributed by atoms with E-state index in [0.29, 0.717) is 6.61 Å². The molecular weight excluding hydrogens is 192 g/mol. The van der Waals surface area contributed by atoms with E-state index in [2.05, 4.69) is 19.1 Å². The Morgan fingerprint density at radius 2 is 1.93 bits per heavy atom. The Bertz CT molecular complexity index is 309. The van der Waals surface area contributed by atoms with E-state index < -0.39 is 0 Å². The summed E-state index contributed by atoms with van der Waals surface area (Å²) in [6, 6.07) is 8.11. The predicted molar refractivity (Wildman–Crippen MR) is 57.8 cm³/mol. The van der Waals surface area contributed by atoms with Gasteiger partial charge in [0.05, 0.1) is 6.61 Å². The van der Waals surface area contributed by atoms with Crippen molar-refractivity contribution in [2.45, 2.75) is 20.0 Å². The predicted octanol–water partition coefficient (Wildman–Crippen LogP) is 0.755. The molecule has 0 unspecified atom stereocenters. The molecule has 0 aliphatic carbocycles. The topological polar surface area (TPSA) is 64.3 Å². The molecule has 1 aromatic rings. The van der Waals surface area contributed by atoms with Crippen LogP contribution in [0.2, 0.25) is 0 Å². The van der Waals surface area contributed by atoms with Gasteiger partial charge in [-0.2, -0.15) is 0 Å². The van der Waals surface area contributed by atoms with E-state index in [-0.39, 0.29) is 12.5 Å². The molecule has 4 nitrogen and oxygen atoms in total. The summed E-state index contributed by atoms with van der Waals surface area (Å²) in [5, 5.41) is 0. The molecule has 0 aliphatic rings. The third-order valence-electron chi connectivity index (χ3n) is 2.09. The van der Waals surface area contributed by atoms with Crippen LogP contribution in [0.4, 0.5) is 0 Å². The maximum Gasteiger partial charge on any atom is 0.259 e. The summed E-state index contributed by atoms with van der Waals surface area (Å²) >= 11 is 0. The van der Waals surface area contributed by atoms with Crippen LogP contribution in [0.1, 0.15) is 18.1 Å². The molecule has 0 radical (unpaired) electrons. The number of rotatable bonds is 5. The number of amides is 1. The van der Waals surface area contributed by atoms with Gasteiger partial charge < -0.3 is 4.74 Å².